The van der Waals surface area contributed by atoms with Gasteiger partial charge in [0.2, 0.25) is 11.8 Å². The van der Waals surface area contributed by atoms with E-state index in [2.05, 4.69) is 5.32 Å². The highest BCUT2D eigenvalue weighted by Gasteiger charge is 2.38. The molecule has 1 aliphatic carbocycles. The van der Waals surface area contributed by atoms with Gasteiger partial charge in [-0.3, -0.25) is 14.4 Å². The minimum absolute atomic E-state index is 0.0652. The molecule has 1 saturated heterocycles. The maximum Gasteiger partial charge on any atom is 0.305 e. The van der Waals surface area contributed by atoms with Gasteiger partial charge in [-0.05, 0) is 19.8 Å². The van der Waals surface area contributed by atoms with Crippen LogP contribution in [0.3, 0.4) is 0 Å². The zero-order valence-electron chi connectivity index (χ0n) is 12.2. The van der Waals surface area contributed by atoms with E-state index in [4.69, 9.17) is 5.11 Å². The number of nitrogens with one attached hydrogen (secondary N) is 1. The van der Waals surface area contributed by atoms with E-state index in [0.29, 0.717) is 11.6 Å². The number of carboxylic acids is 1. The van der Waals surface area contributed by atoms with Crippen molar-refractivity contribution in [3.63, 3.8) is 0 Å². The van der Waals surface area contributed by atoms with E-state index in [1.165, 1.54) is 0 Å². The SMILES string of the molecule is CC(CC(=O)O)NC(=O)C1CSCN1C(=O)C1CCCC1. The van der Waals surface area contributed by atoms with E-state index in [9.17, 15) is 14.4 Å². The van der Waals surface area contributed by atoms with Crippen LogP contribution in [0.1, 0.15) is 39.0 Å². The van der Waals surface area contributed by atoms with Gasteiger partial charge in [0.1, 0.15) is 6.04 Å². The van der Waals surface area contributed by atoms with Crippen molar-refractivity contribution in [3.8, 4) is 0 Å². The van der Waals surface area contributed by atoms with Gasteiger partial charge in [-0.25, -0.2) is 0 Å². The number of carbonyl (C=O) groups is 3. The summed E-state index contributed by atoms with van der Waals surface area (Å²) in [7, 11) is 0. The molecule has 2 atom stereocenters. The lowest BCUT2D eigenvalue weighted by Gasteiger charge is -2.26. The molecule has 0 radical (unpaired) electrons. The van der Waals surface area contributed by atoms with Crippen LogP contribution in [0.4, 0.5) is 0 Å². The monoisotopic (exact) mass is 314 g/mol. The average Bonchev–Trinajstić information content (AvgIpc) is 3.08. The van der Waals surface area contributed by atoms with E-state index in [1.54, 1.807) is 23.6 Å². The molecular weight excluding hydrogens is 292 g/mol. The van der Waals surface area contributed by atoms with Crippen LogP contribution in [0.5, 0.6) is 0 Å². The van der Waals surface area contributed by atoms with Crippen LogP contribution in [0.2, 0.25) is 0 Å². The van der Waals surface area contributed by atoms with Gasteiger partial charge in [-0.2, -0.15) is 0 Å². The van der Waals surface area contributed by atoms with Gasteiger partial charge in [0, 0.05) is 17.7 Å². The highest BCUT2D eigenvalue weighted by molar-refractivity contribution is 7.99. The van der Waals surface area contributed by atoms with Crippen molar-refractivity contribution < 1.29 is 19.5 Å². The predicted octanol–water partition coefficient (Wildman–Crippen LogP) is 1.06. The van der Waals surface area contributed by atoms with E-state index in [1.807, 2.05) is 0 Å². The molecule has 2 aliphatic rings. The topological polar surface area (TPSA) is 86.7 Å². The van der Waals surface area contributed by atoms with Gasteiger partial charge in [-0.15, -0.1) is 11.8 Å². The summed E-state index contributed by atoms with van der Waals surface area (Å²) in [5.41, 5.74) is 0. The summed E-state index contributed by atoms with van der Waals surface area (Å²) >= 11 is 1.57. The quantitative estimate of drug-likeness (QED) is 0.792. The van der Waals surface area contributed by atoms with Crippen LogP contribution in [0.25, 0.3) is 0 Å². The summed E-state index contributed by atoms with van der Waals surface area (Å²) in [6, 6.07) is -0.886. The van der Waals surface area contributed by atoms with Crippen molar-refractivity contribution in [3.05, 3.63) is 0 Å². The Morgan fingerprint density at radius 3 is 2.62 bits per heavy atom. The van der Waals surface area contributed by atoms with Crippen LogP contribution < -0.4 is 5.32 Å². The minimum Gasteiger partial charge on any atom is -0.481 e. The molecule has 7 heteroatoms. The van der Waals surface area contributed by atoms with Crippen LogP contribution in [0, 0.1) is 5.92 Å². The first-order valence-corrected chi connectivity index (χ1v) is 8.55. The van der Waals surface area contributed by atoms with Gasteiger partial charge in [-0.1, -0.05) is 12.8 Å². The van der Waals surface area contributed by atoms with Gasteiger partial charge in [0.25, 0.3) is 0 Å². The van der Waals surface area contributed by atoms with E-state index < -0.39 is 18.1 Å². The van der Waals surface area contributed by atoms with Gasteiger partial charge in [0.15, 0.2) is 0 Å². The summed E-state index contributed by atoms with van der Waals surface area (Å²) in [5.74, 6) is 0.117. The third-order valence-electron chi connectivity index (χ3n) is 4.04. The lowest BCUT2D eigenvalue weighted by atomic mass is 10.1. The molecule has 21 heavy (non-hydrogen) atoms. The molecular formula is C14H22N2O4S. The number of carbonyl (C=O) groups excluding carboxylic acids is 2. The largest absolute Gasteiger partial charge is 0.481 e. The number of nitrogens with zero attached hydrogens (tertiary/aromatic N) is 1. The van der Waals surface area contributed by atoms with E-state index in [-0.39, 0.29) is 24.2 Å². The zero-order chi connectivity index (χ0) is 15.4. The van der Waals surface area contributed by atoms with Crippen LogP contribution in [-0.2, 0) is 14.4 Å². The highest BCUT2D eigenvalue weighted by atomic mass is 32.2. The van der Waals surface area contributed by atoms with Crippen molar-refractivity contribution >= 4 is 29.5 Å². The number of rotatable bonds is 5. The molecule has 0 aromatic heterocycles. The van der Waals surface area contributed by atoms with E-state index >= 15 is 0 Å². The number of amides is 2. The Morgan fingerprint density at radius 1 is 1.33 bits per heavy atom. The first-order valence-electron chi connectivity index (χ1n) is 7.39. The molecule has 1 aliphatic heterocycles. The lowest BCUT2D eigenvalue weighted by Crippen LogP contribution is -2.50. The normalized spacial score (nSPS) is 24.0. The Kier molecular flexibility index (Phi) is 5.50. The maximum absolute atomic E-state index is 12.5. The number of hydrogen-bond acceptors (Lipinski definition) is 4. The number of carboxylic acid groups (broad SMARTS) is 1. The second-order valence-electron chi connectivity index (χ2n) is 5.81. The molecule has 0 bridgehead atoms. The van der Waals surface area contributed by atoms with Crippen molar-refractivity contribution in [2.75, 3.05) is 11.6 Å². The van der Waals surface area contributed by atoms with Crippen LogP contribution in [0.15, 0.2) is 0 Å². The summed E-state index contributed by atoms with van der Waals surface area (Å²) in [6.45, 7) is 1.66. The minimum atomic E-state index is -0.942. The van der Waals surface area contributed by atoms with Gasteiger partial charge >= 0.3 is 5.97 Å². The first-order chi connectivity index (χ1) is 9.99. The fourth-order valence-corrected chi connectivity index (χ4v) is 4.10. The van der Waals surface area contributed by atoms with Crippen LogP contribution >= 0.6 is 11.8 Å². The average molecular weight is 314 g/mol. The molecule has 2 N–H and O–H groups in total. The Labute approximate surface area is 128 Å². The molecule has 2 amide bonds. The number of aliphatic carboxylic acids is 1. The Hall–Kier alpha value is -1.24. The molecule has 6 nitrogen and oxygen atoms in total. The fourth-order valence-electron chi connectivity index (χ4n) is 2.94. The van der Waals surface area contributed by atoms with Crippen molar-refractivity contribution in [1.29, 1.82) is 0 Å². The first kappa shape index (κ1) is 16.1. The molecule has 2 rings (SSSR count). The highest BCUT2D eigenvalue weighted by Crippen LogP contribution is 2.30. The number of thioether (sulfide) groups is 1. The smallest absolute Gasteiger partial charge is 0.305 e. The second kappa shape index (κ2) is 7.15. The Bertz CT molecular complexity index is 423. The summed E-state index contributed by atoms with van der Waals surface area (Å²) in [4.78, 5) is 37.0. The lowest BCUT2D eigenvalue weighted by molar-refractivity contribution is -0.142. The molecule has 1 heterocycles. The molecule has 118 valence electrons. The third-order valence-corrected chi connectivity index (χ3v) is 5.05. The summed E-state index contributed by atoms with van der Waals surface area (Å²) in [5, 5.41) is 11.4. The third kappa shape index (κ3) is 4.12. The van der Waals surface area contributed by atoms with Gasteiger partial charge in [0.05, 0.1) is 12.3 Å². The Morgan fingerprint density at radius 2 is 2.00 bits per heavy atom. The Balaban J connectivity index is 1.92. The van der Waals surface area contributed by atoms with Gasteiger partial charge < -0.3 is 15.3 Å². The number of hydrogen-bond donors (Lipinski definition) is 2. The molecule has 0 spiro atoms. The molecule has 2 fully saturated rings. The van der Waals surface area contributed by atoms with Crippen molar-refractivity contribution in [1.82, 2.24) is 10.2 Å². The van der Waals surface area contributed by atoms with Crippen molar-refractivity contribution in [2.45, 2.75) is 51.1 Å². The predicted molar refractivity (Wildman–Crippen MR) is 79.8 cm³/mol. The standard InChI is InChI=1S/C14H22N2O4S/c1-9(6-12(17)18)15-13(19)11-7-21-8-16(11)14(20)10-4-2-3-5-10/h9-11H,2-8H2,1H3,(H,15,19)(H,17,18). The van der Waals surface area contributed by atoms with E-state index in [0.717, 1.165) is 25.7 Å². The summed E-state index contributed by atoms with van der Waals surface area (Å²) < 4.78 is 0. The van der Waals surface area contributed by atoms with Crippen LogP contribution in [-0.4, -0.2) is 51.5 Å². The fraction of sp³-hybridized carbons (Fsp3) is 0.786. The maximum atomic E-state index is 12.5. The molecule has 1 saturated carbocycles. The molecule has 2 unspecified atom stereocenters. The molecule has 0 aromatic rings. The van der Waals surface area contributed by atoms with Crippen molar-refractivity contribution in [2.24, 2.45) is 5.92 Å². The summed E-state index contributed by atoms with van der Waals surface area (Å²) in [6.07, 6.45) is 3.91. The second-order valence-corrected chi connectivity index (χ2v) is 6.81. The molecule has 0 aromatic carbocycles. The zero-order valence-corrected chi connectivity index (χ0v) is 13.0.